The first kappa shape index (κ1) is 11.5. The van der Waals surface area contributed by atoms with Gasteiger partial charge in [-0.2, -0.15) is 0 Å². The van der Waals surface area contributed by atoms with Gasteiger partial charge in [-0.15, -0.1) is 0 Å². The minimum atomic E-state index is 1.16. The van der Waals surface area contributed by atoms with Crippen LogP contribution in [-0.4, -0.2) is 19.0 Å². The summed E-state index contributed by atoms with van der Waals surface area (Å²) < 4.78 is 0. The highest BCUT2D eigenvalue weighted by atomic mass is 15.1. The molecule has 0 aromatic carbocycles. The molecule has 72 valence electrons. The Morgan fingerprint density at radius 1 is 1.08 bits per heavy atom. The van der Waals surface area contributed by atoms with Crippen LogP contribution in [0, 0.1) is 0 Å². The molecule has 0 spiro atoms. The Morgan fingerprint density at radius 3 is 2.17 bits per heavy atom. The minimum Gasteiger partial charge on any atom is -0.381 e. The molecule has 0 aromatic heterocycles. The first-order chi connectivity index (χ1) is 5.68. The molecule has 1 nitrogen and oxygen atoms in total. The Morgan fingerprint density at radius 2 is 1.67 bits per heavy atom. The Balaban J connectivity index is 3.14. The van der Waals surface area contributed by atoms with Crippen molar-refractivity contribution in [3.63, 3.8) is 0 Å². The van der Waals surface area contributed by atoms with Gasteiger partial charge in [0.05, 0.1) is 0 Å². The quantitative estimate of drug-likeness (QED) is 0.528. The minimum absolute atomic E-state index is 1.16. The molecule has 0 atom stereocenters. The number of unbranched alkanes of at least 4 members (excludes halogenated alkanes) is 4. The monoisotopic (exact) mass is 169 g/mol. The van der Waals surface area contributed by atoms with E-state index in [4.69, 9.17) is 0 Å². The van der Waals surface area contributed by atoms with Gasteiger partial charge in [-0.1, -0.05) is 39.2 Å². The normalized spacial score (nSPS) is 9.92. The molecule has 0 aliphatic heterocycles. The van der Waals surface area contributed by atoms with E-state index in [0.29, 0.717) is 0 Å². The zero-order valence-corrected chi connectivity index (χ0v) is 8.90. The smallest absolute Gasteiger partial charge is 0.00579 e. The fourth-order valence-electron chi connectivity index (χ4n) is 1.16. The summed E-state index contributed by atoms with van der Waals surface area (Å²) in [6.07, 6.45) is 7.93. The summed E-state index contributed by atoms with van der Waals surface area (Å²) in [5.74, 6) is 0. The van der Waals surface area contributed by atoms with Crippen LogP contribution in [0.5, 0.6) is 0 Å². The van der Waals surface area contributed by atoms with Gasteiger partial charge < -0.3 is 4.90 Å². The summed E-state index contributed by atoms with van der Waals surface area (Å²) in [5.41, 5.74) is 1.26. The average molecular weight is 169 g/mol. The highest BCUT2D eigenvalue weighted by Crippen LogP contribution is 2.10. The van der Waals surface area contributed by atoms with Crippen LogP contribution in [-0.2, 0) is 0 Å². The maximum absolute atomic E-state index is 4.00. The van der Waals surface area contributed by atoms with Crippen molar-refractivity contribution in [2.24, 2.45) is 0 Å². The second-order valence-electron chi connectivity index (χ2n) is 3.62. The Labute approximate surface area is 77.5 Å². The number of rotatable bonds is 7. The summed E-state index contributed by atoms with van der Waals surface area (Å²) in [7, 11) is 4.13. The van der Waals surface area contributed by atoms with Gasteiger partial charge >= 0.3 is 0 Å². The summed E-state index contributed by atoms with van der Waals surface area (Å²) in [6, 6.07) is 0. The first-order valence-electron chi connectivity index (χ1n) is 5.03. The van der Waals surface area contributed by atoms with Crippen molar-refractivity contribution in [2.75, 3.05) is 14.1 Å². The Hall–Kier alpha value is -0.460. The maximum atomic E-state index is 4.00. The highest BCUT2D eigenvalue weighted by molar-refractivity contribution is 4.89. The van der Waals surface area contributed by atoms with E-state index in [0.717, 1.165) is 6.42 Å². The van der Waals surface area contributed by atoms with E-state index in [1.165, 1.54) is 37.8 Å². The molecule has 0 fully saturated rings. The van der Waals surface area contributed by atoms with Crippen molar-refractivity contribution in [1.82, 2.24) is 4.90 Å². The van der Waals surface area contributed by atoms with Crippen LogP contribution >= 0.6 is 0 Å². The molecule has 0 amide bonds. The first-order valence-corrected chi connectivity index (χ1v) is 5.03. The van der Waals surface area contributed by atoms with Gasteiger partial charge in [0.1, 0.15) is 0 Å². The topological polar surface area (TPSA) is 3.24 Å². The van der Waals surface area contributed by atoms with Crippen molar-refractivity contribution in [3.05, 3.63) is 12.3 Å². The molecule has 0 bridgehead atoms. The van der Waals surface area contributed by atoms with Crippen molar-refractivity contribution in [2.45, 2.75) is 45.4 Å². The van der Waals surface area contributed by atoms with Crippen LogP contribution in [0.4, 0.5) is 0 Å². The molecule has 0 N–H and O–H groups in total. The van der Waals surface area contributed by atoms with E-state index >= 15 is 0 Å². The summed E-state index contributed by atoms with van der Waals surface area (Å²) in [5, 5.41) is 0. The number of hydrogen-bond acceptors (Lipinski definition) is 1. The van der Waals surface area contributed by atoms with Crippen LogP contribution in [0.25, 0.3) is 0 Å². The highest BCUT2D eigenvalue weighted by Gasteiger charge is 1.95. The Kier molecular flexibility index (Phi) is 6.93. The van der Waals surface area contributed by atoms with Crippen LogP contribution < -0.4 is 0 Å². The van der Waals surface area contributed by atoms with Crippen LogP contribution in [0.15, 0.2) is 12.3 Å². The summed E-state index contributed by atoms with van der Waals surface area (Å²) in [4.78, 5) is 2.11. The van der Waals surface area contributed by atoms with Gasteiger partial charge in [0.2, 0.25) is 0 Å². The third-order valence-electron chi connectivity index (χ3n) is 2.20. The molecule has 0 rings (SSSR count). The molecule has 12 heavy (non-hydrogen) atoms. The summed E-state index contributed by atoms with van der Waals surface area (Å²) >= 11 is 0. The van der Waals surface area contributed by atoms with Crippen molar-refractivity contribution in [3.8, 4) is 0 Å². The predicted molar refractivity (Wildman–Crippen MR) is 56.2 cm³/mol. The molecular formula is C11H23N. The van der Waals surface area contributed by atoms with E-state index in [9.17, 15) is 0 Å². The molecule has 0 saturated carbocycles. The molecule has 0 radical (unpaired) electrons. The third kappa shape index (κ3) is 6.26. The van der Waals surface area contributed by atoms with Gasteiger partial charge in [0, 0.05) is 19.8 Å². The number of allylic oxidation sites excluding steroid dienone is 1. The van der Waals surface area contributed by atoms with Crippen LogP contribution in [0.1, 0.15) is 45.4 Å². The molecule has 0 aliphatic rings. The van der Waals surface area contributed by atoms with Gasteiger partial charge in [-0.25, -0.2) is 0 Å². The molecule has 0 aliphatic carbocycles. The zero-order valence-electron chi connectivity index (χ0n) is 8.90. The van der Waals surface area contributed by atoms with Crippen molar-refractivity contribution < 1.29 is 0 Å². The van der Waals surface area contributed by atoms with E-state index < -0.39 is 0 Å². The van der Waals surface area contributed by atoms with E-state index in [-0.39, 0.29) is 0 Å². The fraction of sp³-hybridized carbons (Fsp3) is 0.818. The van der Waals surface area contributed by atoms with Crippen molar-refractivity contribution in [1.29, 1.82) is 0 Å². The second-order valence-corrected chi connectivity index (χ2v) is 3.62. The predicted octanol–water partition coefficient (Wildman–Crippen LogP) is 3.42. The lowest BCUT2D eigenvalue weighted by molar-refractivity contribution is 0.475. The van der Waals surface area contributed by atoms with Crippen LogP contribution in [0.3, 0.4) is 0 Å². The lowest BCUT2D eigenvalue weighted by Crippen LogP contribution is -2.09. The standard InChI is InChI=1S/C11H23N/c1-5-6-7-8-9-10-11(2)12(3)4/h2,5-10H2,1,3-4H3. The largest absolute Gasteiger partial charge is 0.381 e. The molecule has 0 saturated heterocycles. The molecule has 0 unspecified atom stereocenters. The second kappa shape index (κ2) is 7.20. The number of nitrogens with zero attached hydrogens (tertiary/aromatic N) is 1. The van der Waals surface area contributed by atoms with E-state index in [1.807, 2.05) is 0 Å². The van der Waals surface area contributed by atoms with E-state index in [2.05, 4.69) is 32.5 Å². The molecule has 0 aromatic rings. The molecule has 0 heterocycles. The molecular weight excluding hydrogens is 146 g/mol. The average Bonchev–Trinajstić information content (AvgIpc) is 2.03. The van der Waals surface area contributed by atoms with Gasteiger partial charge in [-0.05, 0) is 12.8 Å². The number of hydrogen-bond donors (Lipinski definition) is 0. The van der Waals surface area contributed by atoms with Gasteiger partial charge in [-0.3, -0.25) is 0 Å². The van der Waals surface area contributed by atoms with E-state index in [1.54, 1.807) is 0 Å². The van der Waals surface area contributed by atoms with Crippen LogP contribution in [0.2, 0.25) is 0 Å². The SMILES string of the molecule is C=C(CCCCCCC)N(C)C. The van der Waals surface area contributed by atoms with Gasteiger partial charge in [0.25, 0.3) is 0 Å². The fourth-order valence-corrected chi connectivity index (χ4v) is 1.16. The van der Waals surface area contributed by atoms with Crippen molar-refractivity contribution >= 4 is 0 Å². The Bertz CT molecular complexity index is 116. The summed E-state index contributed by atoms with van der Waals surface area (Å²) in [6.45, 7) is 6.25. The molecule has 1 heteroatoms. The zero-order chi connectivity index (χ0) is 9.40. The maximum Gasteiger partial charge on any atom is 0.00579 e. The lowest BCUT2D eigenvalue weighted by Gasteiger charge is -2.14. The lowest BCUT2D eigenvalue weighted by atomic mass is 10.1. The third-order valence-corrected chi connectivity index (χ3v) is 2.20. The van der Waals surface area contributed by atoms with Gasteiger partial charge in [0.15, 0.2) is 0 Å².